The predicted molar refractivity (Wildman–Crippen MR) is 36.1 cm³/mol. The Bertz CT molecular complexity index is 204. The fourth-order valence-corrected chi connectivity index (χ4v) is 0.763. The van der Waals surface area contributed by atoms with Crippen LogP contribution in [0.4, 0.5) is 0 Å². The summed E-state index contributed by atoms with van der Waals surface area (Å²) in [6, 6.07) is -0.0880. The maximum Gasteiger partial charge on any atom is 0.167 e. The Labute approximate surface area is 59.2 Å². The van der Waals surface area contributed by atoms with Crippen LogP contribution in [0, 0.1) is 0 Å². The third-order valence-electron chi connectivity index (χ3n) is 1.27. The highest BCUT2D eigenvalue weighted by Crippen LogP contribution is 2.01. The number of aryl methyl sites for hydroxylation is 1. The van der Waals surface area contributed by atoms with Gasteiger partial charge in [0.15, 0.2) is 5.82 Å². The summed E-state index contributed by atoms with van der Waals surface area (Å²) in [7, 11) is 0. The van der Waals surface area contributed by atoms with Crippen LogP contribution in [0.1, 0.15) is 25.7 Å². The molecule has 56 valence electrons. The lowest BCUT2D eigenvalue weighted by atomic mass is 10.3. The summed E-state index contributed by atoms with van der Waals surface area (Å²) in [6.07, 6.45) is 0. The van der Waals surface area contributed by atoms with Gasteiger partial charge in [0.05, 0.1) is 6.04 Å². The Morgan fingerprint density at radius 1 is 1.70 bits per heavy atom. The first-order valence-corrected chi connectivity index (χ1v) is 3.27. The normalized spacial score (nSPS) is 13.5. The van der Waals surface area contributed by atoms with Crippen molar-refractivity contribution in [2.75, 3.05) is 0 Å². The second-order valence-electron chi connectivity index (χ2n) is 2.14. The molecule has 5 nitrogen and oxygen atoms in total. The van der Waals surface area contributed by atoms with Crippen molar-refractivity contribution in [3.8, 4) is 0 Å². The number of nitrogens with two attached hydrogens (primary N) is 1. The summed E-state index contributed by atoms with van der Waals surface area (Å²) in [5.74, 6) is 0.738. The molecule has 0 spiro atoms. The Hall–Kier alpha value is -0.970. The number of nitrogens with zero attached hydrogens (tertiary/aromatic N) is 4. The zero-order chi connectivity index (χ0) is 7.56. The van der Waals surface area contributed by atoms with E-state index in [2.05, 4.69) is 15.5 Å². The molecule has 0 bridgehead atoms. The maximum atomic E-state index is 5.57. The zero-order valence-electron chi connectivity index (χ0n) is 6.15. The Kier molecular flexibility index (Phi) is 1.96. The van der Waals surface area contributed by atoms with Gasteiger partial charge in [0.1, 0.15) is 0 Å². The molecule has 0 aliphatic heterocycles. The zero-order valence-corrected chi connectivity index (χ0v) is 6.15. The van der Waals surface area contributed by atoms with E-state index in [9.17, 15) is 0 Å². The fraction of sp³-hybridized carbons (Fsp3) is 0.800. The van der Waals surface area contributed by atoms with Crippen molar-refractivity contribution in [1.29, 1.82) is 0 Å². The monoisotopic (exact) mass is 141 g/mol. The third kappa shape index (κ3) is 1.13. The van der Waals surface area contributed by atoms with Gasteiger partial charge in [-0.05, 0) is 24.3 Å². The molecule has 1 rings (SSSR count). The molecule has 0 aliphatic carbocycles. The molecule has 0 amide bonds. The maximum absolute atomic E-state index is 5.57. The van der Waals surface area contributed by atoms with Gasteiger partial charge in [0, 0.05) is 6.54 Å². The third-order valence-corrected chi connectivity index (χ3v) is 1.27. The summed E-state index contributed by atoms with van der Waals surface area (Å²) in [5, 5.41) is 11.0. The predicted octanol–water partition coefficient (Wildman–Crippen LogP) is -0.287. The van der Waals surface area contributed by atoms with Crippen LogP contribution in [0.3, 0.4) is 0 Å². The van der Waals surface area contributed by atoms with E-state index in [0.717, 1.165) is 12.4 Å². The molecule has 0 saturated carbocycles. The first-order chi connectivity index (χ1) is 4.75. The van der Waals surface area contributed by atoms with Gasteiger partial charge in [0.25, 0.3) is 0 Å². The number of tetrazole rings is 1. The Balaban J connectivity index is 2.90. The summed E-state index contributed by atoms with van der Waals surface area (Å²) in [5.41, 5.74) is 5.57. The lowest BCUT2D eigenvalue weighted by molar-refractivity contribution is 0.570. The lowest BCUT2D eigenvalue weighted by Gasteiger charge is -2.02. The highest BCUT2D eigenvalue weighted by molar-refractivity contribution is 4.86. The summed E-state index contributed by atoms with van der Waals surface area (Å²) in [6.45, 7) is 4.60. The van der Waals surface area contributed by atoms with E-state index in [-0.39, 0.29) is 6.04 Å². The molecule has 0 saturated heterocycles. The van der Waals surface area contributed by atoms with E-state index in [4.69, 9.17) is 5.73 Å². The second-order valence-corrected chi connectivity index (χ2v) is 2.14. The van der Waals surface area contributed by atoms with Crippen molar-refractivity contribution in [2.24, 2.45) is 5.73 Å². The molecular formula is C5H11N5. The second kappa shape index (κ2) is 2.74. The van der Waals surface area contributed by atoms with Crippen molar-refractivity contribution in [2.45, 2.75) is 26.4 Å². The molecule has 1 atom stereocenters. The quantitative estimate of drug-likeness (QED) is 0.614. The SMILES string of the molecule is CCn1nnnc1C(C)N. The lowest BCUT2D eigenvalue weighted by Crippen LogP contribution is -2.13. The first-order valence-electron chi connectivity index (χ1n) is 3.27. The van der Waals surface area contributed by atoms with Gasteiger partial charge in [-0.25, -0.2) is 4.68 Å². The average molecular weight is 141 g/mol. The van der Waals surface area contributed by atoms with Gasteiger partial charge < -0.3 is 5.73 Å². The van der Waals surface area contributed by atoms with Crippen molar-refractivity contribution in [1.82, 2.24) is 20.2 Å². The van der Waals surface area contributed by atoms with Gasteiger partial charge in [-0.3, -0.25) is 0 Å². The van der Waals surface area contributed by atoms with E-state index in [1.54, 1.807) is 4.68 Å². The van der Waals surface area contributed by atoms with Crippen molar-refractivity contribution < 1.29 is 0 Å². The van der Waals surface area contributed by atoms with Crippen LogP contribution in [0.2, 0.25) is 0 Å². The molecule has 1 unspecified atom stereocenters. The molecule has 0 fully saturated rings. The van der Waals surface area contributed by atoms with Crippen molar-refractivity contribution in [3.63, 3.8) is 0 Å². The van der Waals surface area contributed by atoms with E-state index in [1.807, 2.05) is 13.8 Å². The number of hydrogen-bond acceptors (Lipinski definition) is 4. The molecule has 0 radical (unpaired) electrons. The number of rotatable bonds is 2. The van der Waals surface area contributed by atoms with E-state index in [1.165, 1.54) is 0 Å². The standard InChI is InChI=1S/C5H11N5/c1-3-10-5(4(2)6)7-8-9-10/h4H,3,6H2,1-2H3. The van der Waals surface area contributed by atoms with E-state index in [0.29, 0.717) is 0 Å². The number of hydrogen-bond donors (Lipinski definition) is 1. The highest BCUT2D eigenvalue weighted by Gasteiger charge is 2.07. The van der Waals surface area contributed by atoms with Crippen LogP contribution in [0.15, 0.2) is 0 Å². The number of aromatic nitrogens is 4. The van der Waals surface area contributed by atoms with Crippen molar-refractivity contribution in [3.05, 3.63) is 5.82 Å². The Morgan fingerprint density at radius 3 is 2.80 bits per heavy atom. The molecule has 0 aromatic carbocycles. The average Bonchev–Trinajstić information content (AvgIpc) is 2.33. The molecule has 1 aromatic heterocycles. The molecule has 2 N–H and O–H groups in total. The summed E-state index contributed by atoms with van der Waals surface area (Å²) < 4.78 is 1.69. The molecule has 0 aliphatic rings. The smallest absolute Gasteiger partial charge is 0.167 e. The first kappa shape index (κ1) is 7.14. The van der Waals surface area contributed by atoms with Gasteiger partial charge in [-0.2, -0.15) is 0 Å². The minimum absolute atomic E-state index is 0.0880. The van der Waals surface area contributed by atoms with Crippen LogP contribution in [0.5, 0.6) is 0 Å². The van der Waals surface area contributed by atoms with Crippen molar-refractivity contribution >= 4 is 0 Å². The van der Waals surface area contributed by atoms with Gasteiger partial charge >= 0.3 is 0 Å². The molecule has 10 heavy (non-hydrogen) atoms. The fourth-order valence-electron chi connectivity index (χ4n) is 0.763. The summed E-state index contributed by atoms with van der Waals surface area (Å²) >= 11 is 0. The van der Waals surface area contributed by atoms with Crippen LogP contribution in [-0.4, -0.2) is 20.2 Å². The molecule has 5 heteroatoms. The molecule has 1 heterocycles. The van der Waals surface area contributed by atoms with Crippen LogP contribution >= 0.6 is 0 Å². The van der Waals surface area contributed by atoms with Gasteiger partial charge in [-0.15, -0.1) is 5.10 Å². The van der Waals surface area contributed by atoms with Gasteiger partial charge in [0.2, 0.25) is 0 Å². The molecular weight excluding hydrogens is 130 g/mol. The topological polar surface area (TPSA) is 69.6 Å². The minimum atomic E-state index is -0.0880. The van der Waals surface area contributed by atoms with Crippen LogP contribution < -0.4 is 5.73 Å². The van der Waals surface area contributed by atoms with Crippen LogP contribution in [-0.2, 0) is 6.54 Å². The minimum Gasteiger partial charge on any atom is -0.322 e. The van der Waals surface area contributed by atoms with E-state index >= 15 is 0 Å². The van der Waals surface area contributed by atoms with Crippen LogP contribution in [0.25, 0.3) is 0 Å². The molecule has 1 aromatic rings. The highest BCUT2D eigenvalue weighted by atomic mass is 15.5. The Morgan fingerprint density at radius 2 is 2.40 bits per heavy atom. The van der Waals surface area contributed by atoms with E-state index < -0.39 is 0 Å². The van der Waals surface area contributed by atoms with Gasteiger partial charge in [-0.1, -0.05) is 0 Å². The summed E-state index contributed by atoms with van der Waals surface area (Å²) in [4.78, 5) is 0. The largest absolute Gasteiger partial charge is 0.322 e.